The van der Waals surface area contributed by atoms with Crippen LogP contribution >= 0.6 is 35.4 Å². The molecule has 0 aliphatic rings. The van der Waals surface area contributed by atoms with Crippen LogP contribution in [0.3, 0.4) is 0 Å². The van der Waals surface area contributed by atoms with Crippen molar-refractivity contribution in [3.8, 4) is 0 Å². The molecule has 0 atom stereocenters. The highest BCUT2D eigenvalue weighted by Gasteiger charge is 2.17. The molecular weight excluding hydrogens is 257 g/mol. The Hall–Kier alpha value is -0.880. The topological polar surface area (TPSA) is 72.3 Å². The number of thiocarbonyl (C=S) groups is 1. The van der Waals surface area contributed by atoms with Gasteiger partial charge in [-0.25, -0.2) is 10.9 Å². The lowest BCUT2D eigenvalue weighted by molar-refractivity contribution is 0.0848. The summed E-state index contributed by atoms with van der Waals surface area (Å²) in [6.07, 6.45) is 0. The van der Waals surface area contributed by atoms with Gasteiger partial charge in [-0.2, -0.15) is 0 Å². The summed E-state index contributed by atoms with van der Waals surface area (Å²) in [5, 5.41) is 0.999. The van der Waals surface area contributed by atoms with Gasteiger partial charge in [0.1, 0.15) is 0 Å². The molecule has 0 saturated carbocycles. The van der Waals surface area contributed by atoms with Gasteiger partial charge in [-0.05, 0) is 30.4 Å². The third-order valence-corrected chi connectivity index (χ3v) is 2.38. The predicted octanol–water partition coefficient (Wildman–Crippen LogP) is 1.55. The third-order valence-electron chi connectivity index (χ3n) is 1.62. The van der Waals surface area contributed by atoms with E-state index in [0.29, 0.717) is 10.0 Å². The van der Waals surface area contributed by atoms with Gasteiger partial charge >= 0.3 is 0 Å². The summed E-state index contributed by atoms with van der Waals surface area (Å²) < 4.78 is 0. The largest absolute Gasteiger partial charge is 0.375 e. The molecule has 0 saturated heterocycles. The number of benzene rings is 1. The Labute approximate surface area is 102 Å². The second-order valence-corrected chi connectivity index (χ2v) is 3.90. The minimum Gasteiger partial charge on any atom is -0.375 e. The summed E-state index contributed by atoms with van der Waals surface area (Å²) in [6, 6.07) is 4.44. The number of carbonyl (C=O) groups excluding carboxylic acids is 1. The molecule has 1 aromatic rings. The molecule has 0 aliphatic carbocycles. The van der Waals surface area contributed by atoms with Crippen LogP contribution in [-0.2, 0) is 0 Å². The van der Waals surface area contributed by atoms with E-state index in [1.165, 1.54) is 12.1 Å². The zero-order chi connectivity index (χ0) is 11.6. The Morgan fingerprint density at radius 1 is 1.40 bits per heavy atom. The maximum absolute atomic E-state index is 11.6. The summed E-state index contributed by atoms with van der Waals surface area (Å²) in [6.45, 7) is 0. The first-order valence-corrected chi connectivity index (χ1v) is 4.93. The highest BCUT2D eigenvalue weighted by Crippen LogP contribution is 2.21. The SMILES string of the molecule is NC(=S)N(N)C(=O)c1cc(Cl)ccc1Cl. The maximum Gasteiger partial charge on any atom is 0.275 e. The molecule has 1 amide bonds. The normalized spacial score (nSPS) is 9.80. The maximum atomic E-state index is 11.6. The summed E-state index contributed by atoms with van der Waals surface area (Å²) >= 11 is 16.1. The molecule has 7 heteroatoms. The number of carbonyl (C=O) groups is 1. The van der Waals surface area contributed by atoms with Crippen LogP contribution in [0.4, 0.5) is 0 Å². The fraction of sp³-hybridized carbons (Fsp3) is 0. The van der Waals surface area contributed by atoms with Crippen LogP contribution in [0.1, 0.15) is 10.4 Å². The minimum atomic E-state index is -0.602. The summed E-state index contributed by atoms with van der Waals surface area (Å²) in [5.41, 5.74) is 5.35. The average Bonchev–Trinajstić information content (AvgIpc) is 2.19. The van der Waals surface area contributed by atoms with Crippen LogP contribution in [0.15, 0.2) is 18.2 Å². The van der Waals surface area contributed by atoms with E-state index in [1.54, 1.807) is 6.07 Å². The van der Waals surface area contributed by atoms with Crippen molar-refractivity contribution >= 4 is 46.4 Å². The van der Waals surface area contributed by atoms with Crippen molar-refractivity contribution in [3.63, 3.8) is 0 Å². The molecule has 0 heterocycles. The Bertz CT molecular complexity index is 424. The molecule has 4 N–H and O–H groups in total. The van der Waals surface area contributed by atoms with Crippen molar-refractivity contribution in [1.82, 2.24) is 5.01 Å². The molecule has 4 nitrogen and oxygen atoms in total. The molecule has 1 rings (SSSR count). The fourth-order valence-corrected chi connectivity index (χ4v) is 1.34. The van der Waals surface area contributed by atoms with Crippen LogP contribution in [0.2, 0.25) is 10.0 Å². The zero-order valence-electron chi connectivity index (χ0n) is 7.41. The van der Waals surface area contributed by atoms with Gasteiger partial charge in [0, 0.05) is 5.02 Å². The summed E-state index contributed by atoms with van der Waals surface area (Å²) in [7, 11) is 0. The van der Waals surface area contributed by atoms with Gasteiger partial charge in [0.25, 0.3) is 5.91 Å². The standard InChI is InChI=1S/C8H7Cl2N3OS/c9-4-1-2-6(10)5(3-4)7(14)13(12)8(11)15/h1-3H,12H2,(H2,11,15). The van der Waals surface area contributed by atoms with Crippen LogP contribution in [0.5, 0.6) is 0 Å². The molecule has 0 bridgehead atoms. The molecule has 0 fully saturated rings. The molecule has 80 valence electrons. The van der Waals surface area contributed by atoms with E-state index in [0.717, 1.165) is 0 Å². The highest BCUT2D eigenvalue weighted by molar-refractivity contribution is 7.80. The first-order chi connectivity index (χ1) is 6.93. The second-order valence-electron chi connectivity index (χ2n) is 2.64. The van der Waals surface area contributed by atoms with Crippen LogP contribution in [0.25, 0.3) is 0 Å². The van der Waals surface area contributed by atoms with E-state index >= 15 is 0 Å². The molecule has 1 aromatic carbocycles. The number of hydrogen-bond donors (Lipinski definition) is 2. The lowest BCUT2D eigenvalue weighted by atomic mass is 10.2. The smallest absolute Gasteiger partial charge is 0.275 e. The highest BCUT2D eigenvalue weighted by atomic mass is 35.5. The van der Waals surface area contributed by atoms with E-state index < -0.39 is 5.91 Å². The van der Waals surface area contributed by atoms with Crippen molar-refractivity contribution < 1.29 is 4.79 Å². The minimum absolute atomic E-state index is 0.152. The predicted molar refractivity (Wildman–Crippen MR) is 63.6 cm³/mol. The number of hydrogen-bond acceptors (Lipinski definition) is 3. The van der Waals surface area contributed by atoms with Gasteiger partial charge in [-0.15, -0.1) is 0 Å². The fourth-order valence-electron chi connectivity index (χ4n) is 0.891. The third kappa shape index (κ3) is 2.79. The van der Waals surface area contributed by atoms with E-state index in [9.17, 15) is 4.79 Å². The van der Waals surface area contributed by atoms with Gasteiger partial charge in [0.05, 0.1) is 10.6 Å². The average molecular weight is 264 g/mol. The van der Waals surface area contributed by atoms with Gasteiger partial charge in [-0.1, -0.05) is 23.2 Å². The number of halogens is 2. The van der Waals surface area contributed by atoms with E-state index in [2.05, 4.69) is 12.2 Å². The molecule has 0 radical (unpaired) electrons. The number of amides is 1. The Balaban J connectivity index is 3.11. The summed E-state index contributed by atoms with van der Waals surface area (Å²) in [5.74, 6) is 4.72. The van der Waals surface area contributed by atoms with Gasteiger partial charge < -0.3 is 5.73 Å². The van der Waals surface area contributed by atoms with E-state index in [-0.39, 0.29) is 15.7 Å². The molecule has 0 aromatic heterocycles. The van der Waals surface area contributed by atoms with Gasteiger partial charge in [-0.3, -0.25) is 4.79 Å². The molecule has 0 unspecified atom stereocenters. The first-order valence-electron chi connectivity index (χ1n) is 3.77. The monoisotopic (exact) mass is 263 g/mol. The molecular formula is C8H7Cl2N3OS. The van der Waals surface area contributed by atoms with E-state index in [4.69, 9.17) is 34.8 Å². The van der Waals surface area contributed by atoms with Crippen molar-refractivity contribution in [2.45, 2.75) is 0 Å². The quantitative estimate of drug-likeness (QED) is 0.349. The van der Waals surface area contributed by atoms with Crippen LogP contribution < -0.4 is 11.6 Å². The van der Waals surface area contributed by atoms with Gasteiger partial charge in [0.2, 0.25) is 0 Å². The van der Waals surface area contributed by atoms with Crippen molar-refractivity contribution in [3.05, 3.63) is 33.8 Å². The number of hydrazine groups is 1. The van der Waals surface area contributed by atoms with Crippen molar-refractivity contribution in [2.24, 2.45) is 11.6 Å². The molecule has 15 heavy (non-hydrogen) atoms. The number of rotatable bonds is 1. The van der Waals surface area contributed by atoms with Crippen molar-refractivity contribution in [2.75, 3.05) is 0 Å². The lowest BCUT2D eigenvalue weighted by Crippen LogP contribution is -2.45. The first kappa shape index (κ1) is 12.2. The van der Waals surface area contributed by atoms with Crippen LogP contribution in [0, 0.1) is 0 Å². The van der Waals surface area contributed by atoms with Crippen LogP contribution in [-0.4, -0.2) is 16.0 Å². The Morgan fingerprint density at radius 3 is 2.53 bits per heavy atom. The Morgan fingerprint density at radius 2 is 2.00 bits per heavy atom. The zero-order valence-corrected chi connectivity index (χ0v) is 9.73. The van der Waals surface area contributed by atoms with E-state index in [1.807, 2.05) is 0 Å². The van der Waals surface area contributed by atoms with Crippen molar-refractivity contribution in [1.29, 1.82) is 0 Å². The second kappa shape index (κ2) is 4.76. The molecule has 0 aliphatic heterocycles. The number of nitrogens with zero attached hydrogens (tertiary/aromatic N) is 1. The Kier molecular flexibility index (Phi) is 3.87. The number of nitrogens with two attached hydrogens (primary N) is 2. The van der Waals surface area contributed by atoms with Gasteiger partial charge in [0.15, 0.2) is 5.11 Å². The lowest BCUT2D eigenvalue weighted by Gasteiger charge is -2.14. The molecule has 0 spiro atoms. The summed E-state index contributed by atoms with van der Waals surface area (Å²) in [4.78, 5) is 11.6.